The third-order valence-electron chi connectivity index (χ3n) is 3.68. The first-order valence-corrected chi connectivity index (χ1v) is 6.53. The average Bonchev–Trinajstić information content (AvgIpc) is 2.73. The van der Waals surface area contributed by atoms with Gasteiger partial charge in [-0.2, -0.15) is 5.10 Å². The number of halogens is 1. The number of anilines is 1. The van der Waals surface area contributed by atoms with Crippen LogP contribution < -0.4 is 10.5 Å². The molecule has 0 aromatic heterocycles. The lowest BCUT2D eigenvalue weighted by Crippen LogP contribution is -2.33. The number of nitrogens with zero attached hydrogens (tertiary/aromatic N) is 1. The fraction of sp³-hybridized carbons (Fsp3) is 0.286. The second kappa shape index (κ2) is 4.70. The fourth-order valence-corrected chi connectivity index (χ4v) is 2.69. The highest BCUT2D eigenvalue weighted by Gasteiger charge is 2.37. The van der Waals surface area contributed by atoms with Gasteiger partial charge in [-0.3, -0.25) is 5.43 Å². The summed E-state index contributed by atoms with van der Waals surface area (Å²) in [6, 6.07) is 4.37. The molecule has 1 aromatic carbocycles. The van der Waals surface area contributed by atoms with Crippen molar-refractivity contribution in [1.82, 2.24) is 0 Å². The number of nitrogens with one attached hydrogen (secondary N) is 1. The van der Waals surface area contributed by atoms with E-state index in [4.69, 9.17) is 11.6 Å². The Hall–Kier alpha value is -1.81. The molecule has 0 radical (unpaired) electrons. The minimum Gasteiger partial charge on any atom is -0.545 e. The fourth-order valence-electron chi connectivity index (χ4n) is 2.53. The van der Waals surface area contributed by atoms with Gasteiger partial charge in [0.25, 0.3) is 0 Å². The quantitative estimate of drug-likeness (QED) is 0.678. The van der Waals surface area contributed by atoms with Crippen molar-refractivity contribution in [2.45, 2.75) is 12.8 Å². The molecular formula is C14H12ClN2O2-. The first kappa shape index (κ1) is 12.2. The molecule has 0 bridgehead atoms. The molecule has 2 aliphatic rings. The van der Waals surface area contributed by atoms with Crippen LogP contribution in [0.4, 0.5) is 5.69 Å². The van der Waals surface area contributed by atoms with Gasteiger partial charge < -0.3 is 9.90 Å². The van der Waals surface area contributed by atoms with E-state index in [1.165, 1.54) is 18.2 Å². The van der Waals surface area contributed by atoms with Crippen molar-refractivity contribution in [3.05, 3.63) is 40.9 Å². The highest BCUT2D eigenvalue weighted by atomic mass is 35.5. The molecule has 98 valence electrons. The Morgan fingerprint density at radius 3 is 3.05 bits per heavy atom. The smallest absolute Gasteiger partial charge is 0.0754 e. The molecule has 0 unspecified atom stereocenters. The molecule has 0 heterocycles. The Labute approximate surface area is 115 Å². The van der Waals surface area contributed by atoms with E-state index >= 15 is 0 Å². The minimum absolute atomic E-state index is 0.0844. The lowest BCUT2D eigenvalue weighted by Gasteiger charge is -2.32. The SMILES string of the molecule is O=C([O-])c1ccc(Cl)c(N/N=C2/C[C@H]3C=CC[C@H]23)c1. The zero-order valence-corrected chi connectivity index (χ0v) is 10.9. The number of carbonyl (C=O) groups is 1. The molecule has 0 aliphatic heterocycles. The number of hydrazone groups is 1. The van der Waals surface area contributed by atoms with Gasteiger partial charge in [0.1, 0.15) is 0 Å². The predicted molar refractivity (Wildman–Crippen MR) is 72.2 cm³/mol. The summed E-state index contributed by atoms with van der Waals surface area (Å²) in [5.41, 5.74) is 4.55. The Kier molecular flexibility index (Phi) is 3.03. The van der Waals surface area contributed by atoms with Crippen molar-refractivity contribution < 1.29 is 9.90 Å². The summed E-state index contributed by atoms with van der Waals surface area (Å²) in [7, 11) is 0. The Balaban J connectivity index is 1.75. The zero-order valence-electron chi connectivity index (χ0n) is 10.1. The molecule has 3 rings (SSSR count). The Morgan fingerprint density at radius 1 is 1.47 bits per heavy atom. The van der Waals surface area contributed by atoms with Gasteiger partial charge >= 0.3 is 0 Å². The Morgan fingerprint density at radius 2 is 2.32 bits per heavy atom. The number of carbonyl (C=O) groups excluding carboxylic acids is 1. The predicted octanol–water partition coefficient (Wildman–Crippen LogP) is 2.07. The van der Waals surface area contributed by atoms with Crippen LogP contribution in [0.15, 0.2) is 35.5 Å². The summed E-state index contributed by atoms with van der Waals surface area (Å²) in [4.78, 5) is 10.8. The maximum absolute atomic E-state index is 10.8. The lowest BCUT2D eigenvalue weighted by molar-refractivity contribution is -0.255. The zero-order chi connectivity index (χ0) is 13.4. The van der Waals surface area contributed by atoms with Crippen LogP contribution >= 0.6 is 11.6 Å². The van der Waals surface area contributed by atoms with Gasteiger partial charge in [-0.05, 0) is 36.5 Å². The van der Waals surface area contributed by atoms with E-state index in [1.54, 1.807) is 0 Å². The van der Waals surface area contributed by atoms with E-state index < -0.39 is 5.97 Å². The van der Waals surface area contributed by atoms with Crippen LogP contribution in [0.25, 0.3) is 0 Å². The van der Waals surface area contributed by atoms with Gasteiger partial charge in [0.2, 0.25) is 0 Å². The van der Waals surface area contributed by atoms with E-state index in [0.717, 1.165) is 18.6 Å². The molecule has 1 saturated carbocycles. The molecule has 0 spiro atoms. The minimum atomic E-state index is -1.23. The molecule has 4 nitrogen and oxygen atoms in total. The summed E-state index contributed by atoms with van der Waals surface area (Å²) in [5.74, 6) is -0.0859. The molecule has 5 heteroatoms. The van der Waals surface area contributed by atoms with Crippen LogP contribution in [0.2, 0.25) is 5.02 Å². The lowest BCUT2D eigenvalue weighted by atomic mass is 9.74. The third kappa shape index (κ3) is 2.24. The van der Waals surface area contributed by atoms with E-state index in [1.807, 2.05) is 0 Å². The van der Waals surface area contributed by atoms with Gasteiger partial charge in [-0.25, -0.2) is 0 Å². The summed E-state index contributed by atoms with van der Waals surface area (Å²) >= 11 is 6.00. The molecule has 1 aromatic rings. The maximum Gasteiger partial charge on any atom is 0.0754 e. The van der Waals surface area contributed by atoms with Crippen molar-refractivity contribution >= 4 is 29.0 Å². The second-order valence-corrected chi connectivity index (χ2v) is 5.24. The van der Waals surface area contributed by atoms with Crippen molar-refractivity contribution in [2.75, 3.05) is 5.43 Å². The van der Waals surface area contributed by atoms with Crippen LogP contribution in [0.3, 0.4) is 0 Å². The summed E-state index contributed by atoms with van der Waals surface area (Å²) in [6.45, 7) is 0. The molecule has 19 heavy (non-hydrogen) atoms. The van der Waals surface area contributed by atoms with Crippen LogP contribution in [0, 0.1) is 11.8 Å². The number of benzene rings is 1. The number of carboxylic acids is 1. The first-order chi connectivity index (χ1) is 9.15. The van der Waals surface area contributed by atoms with Crippen molar-refractivity contribution in [2.24, 2.45) is 16.9 Å². The second-order valence-electron chi connectivity index (χ2n) is 4.84. The van der Waals surface area contributed by atoms with Crippen LogP contribution in [0.5, 0.6) is 0 Å². The molecular weight excluding hydrogens is 264 g/mol. The number of hydrogen-bond acceptors (Lipinski definition) is 4. The van der Waals surface area contributed by atoms with Crippen molar-refractivity contribution in [1.29, 1.82) is 0 Å². The normalized spacial score (nSPS) is 26.1. The molecule has 1 N–H and O–H groups in total. The molecule has 0 saturated heterocycles. The maximum atomic E-state index is 10.8. The number of rotatable bonds is 3. The van der Waals surface area contributed by atoms with E-state index in [-0.39, 0.29) is 5.56 Å². The van der Waals surface area contributed by atoms with Gasteiger partial charge in [-0.1, -0.05) is 29.8 Å². The highest BCUT2D eigenvalue weighted by molar-refractivity contribution is 6.33. The monoisotopic (exact) mass is 275 g/mol. The summed E-state index contributed by atoms with van der Waals surface area (Å²) in [5, 5.41) is 15.6. The van der Waals surface area contributed by atoms with Crippen LogP contribution in [0.1, 0.15) is 23.2 Å². The topological polar surface area (TPSA) is 64.5 Å². The first-order valence-electron chi connectivity index (χ1n) is 6.15. The average molecular weight is 276 g/mol. The van der Waals surface area contributed by atoms with Crippen molar-refractivity contribution in [3.8, 4) is 0 Å². The van der Waals surface area contributed by atoms with Gasteiger partial charge in [-0.15, -0.1) is 0 Å². The number of carboxylic acid groups (broad SMARTS) is 1. The van der Waals surface area contributed by atoms with E-state index in [0.29, 0.717) is 22.5 Å². The van der Waals surface area contributed by atoms with Gasteiger partial charge in [0, 0.05) is 11.6 Å². The standard InChI is InChI=1S/C14H13ClN2O2/c15-11-5-4-9(14(18)19)7-13(11)17-16-12-6-8-2-1-3-10(8)12/h1-2,4-5,7-8,10,17H,3,6H2,(H,18,19)/p-1/b16-12-/t8-,10+/m1/s1. The summed E-state index contributed by atoms with van der Waals surface area (Å²) < 4.78 is 0. The molecule has 1 fully saturated rings. The van der Waals surface area contributed by atoms with E-state index in [2.05, 4.69) is 22.7 Å². The van der Waals surface area contributed by atoms with Crippen molar-refractivity contribution in [3.63, 3.8) is 0 Å². The molecule has 2 aliphatic carbocycles. The number of fused-ring (bicyclic) bond motifs is 1. The molecule has 2 atom stereocenters. The number of allylic oxidation sites excluding steroid dienone is 2. The van der Waals surface area contributed by atoms with Gasteiger partial charge in [0.05, 0.1) is 16.7 Å². The summed E-state index contributed by atoms with van der Waals surface area (Å²) in [6.07, 6.45) is 6.42. The van der Waals surface area contributed by atoms with Gasteiger partial charge in [0.15, 0.2) is 0 Å². The van der Waals surface area contributed by atoms with Crippen LogP contribution in [-0.2, 0) is 0 Å². The van der Waals surface area contributed by atoms with E-state index in [9.17, 15) is 9.90 Å². The third-order valence-corrected chi connectivity index (χ3v) is 4.01. The Bertz CT molecular complexity index is 595. The molecule has 0 amide bonds. The highest BCUT2D eigenvalue weighted by Crippen LogP contribution is 2.40. The number of aromatic carboxylic acids is 1. The van der Waals surface area contributed by atoms with Crippen LogP contribution in [-0.4, -0.2) is 11.7 Å². The largest absolute Gasteiger partial charge is 0.545 e. The number of hydrogen-bond donors (Lipinski definition) is 1.